The molecule has 0 aliphatic carbocycles. The molecule has 0 aromatic heterocycles. The number of aryl methyl sites for hydroxylation is 3. The molecule has 154 valence electrons. The van der Waals surface area contributed by atoms with E-state index in [1.54, 1.807) is 16.9 Å². The fraction of sp³-hybridized carbons (Fsp3) is 0.556. The van der Waals surface area contributed by atoms with Crippen molar-refractivity contribution in [2.45, 2.75) is 93.4 Å². The third-order valence-corrected chi connectivity index (χ3v) is 22.2. The van der Waals surface area contributed by atoms with E-state index in [0.29, 0.717) is 0 Å². The number of hydrogen-bond donors (Lipinski definition) is 0. The number of benzene rings is 2. The van der Waals surface area contributed by atoms with Crippen molar-refractivity contribution in [2.24, 2.45) is 0 Å². The normalized spacial score (nSPS) is 11.8. The molecule has 0 radical (unpaired) electrons. The van der Waals surface area contributed by atoms with Crippen molar-refractivity contribution in [2.75, 3.05) is 0 Å². The van der Waals surface area contributed by atoms with Crippen molar-refractivity contribution in [1.29, 1.82) is 0 Å². The van der Waals surface area contributed by atoms with Crippen LogP contribution in [0.25, 0.3) is 11.1 Å². The van der Waals surface area contributed by atoms with Crippen molar-refractivity contribution < 1.29 is 0 Å². The Balaban J connectivity index is 2.41. The molecule has 0 fully saturated rings. The van der Waals surface area contributed by atoms with E-state index in [1.807, 2.05) is 0 Å². The number of hydrogen-bond acceptors (Lipinski definition) is 0. The molecule has 0 N–H and O–H groups in total. The van der Waals surface area contributed by atoms with E-state index >= 15 is 0 Å². The predicted octanol–water partition coefficient (Wildman–Crippen LogP) is 8.33. The molecule has 1 heteroatoms. The quantitative estimate of drug-likeness (QED) is 0.281. The maximum atomic E-state index is 2.55. The minimum atomic E-state index is -2.30. The van der Waals surface area contributed by atoms with Crippen molar-refractivity contribution in [3.05, 3.63) is 53.1 Å². The van der Waals surface area contributed by atoms with Crippen LogP contribution >= 0.6 is 0 Å². The van der Waals surface area contributed by atoms with E-state index in [1.165, 1.54) is 66.3 Å². The molecule has 0 heterocycles. The molecule has 0 nitrogen and oxygen atoms in total. The number of rotatable bonds is 11. The molecule has 0 atom stereocenters. The van der Waals surface area contributed by atoms with Crippen LogP contribution in [0.4, 0.5) is 0 Å². The van der Waals surface area contributed by atoms with Gasteiger partial charge < -0.3 is 0 Å². The molecule has 0 aliphatic rings. The Bertz CT molecular complexity index is 682. The molecule has 0 bridgehead atoms. The van der Waals surface area contributed by atoms with Crippen LogP contribution in [0.2, 0.25) is 13.3 Å². The molecule has 2 rings (SSSR count). The van der Waals surface area contributed by atoms with Gasteiger partial charge in [0.15, 0.2) is 0 Å². The molecule has 0 unspecified atom stereocenters. The third-order valence-electron chi connectivity index (χ3n) is 6.49. The van der Waals surface area contributed by atoms with Gasteiger partial charge in [0.2, 0.25) is 0 Å². The first-order valence-electron chi connectivity index (χ1n) is 11.7. The summed E-state index contributed by atoms with van der Waals surface area (Å²) in [5.74, 6) is 0. The topological polar surface area (TPSA) is 0 Å². The Labute approximate surface area is 179 Å². The van der Waals surface area contributed by atoms with E-state index in [-0.39, 0.29) is 0 Å². The second kappa shape index (κ2) is 11.4. The number of unbranched alkanes of at least 4 members (excludes halogenated alkanes) is 3. The van der Waals surface area contributed by atoms with Crippen LogP contribution in [0.3, 0.4) is 0 Å². The van der Waals surface area contributed by atoms with Gasteiger partial charge in [-0.25, -0.2) is 0 Å². The van der Waals surface area contributed by atoms with Crippen molar-refractivity contribution >= 4 is 22.0 Å². The standard InChI is InChI=1S/C15H15.3C4H9.Sn/c1-11-9-12(2)15(13(3)10-11)14-7-5-4-6-8-14;3*1-3-4-2;/h5-10H,1-3H3;3*1,3-4H2,2H3;. The van der Waals surface area contributed by atoms with Crippen LogP contribution < -0.4 is 3.58 Å². The minimum absolute atomic E-state index is 1.34. The average Bonchev–Trinajstić information content (AvgIpc) is 2.67. The van der Waals surface area contributed by atoms with Crippen LogP contribution in [-0.4, -0.2) is 18.4 Å². The Morgan fingerprint density at radius 2 is 1.07 bits per heavy atom. The first-order chi connectivity index (χ1) is 13.5. The molecular formula is C27H42Sn. The molecule has 0 spiro atoms. The monoisotopic (exact) mass is 486 g/mol. The summed E-state index contributed by atoms with van der Waals surface area (Å²) >= 11 is -2.30. The predicted molar refractivity (Wildman–Crippen MR) is 131 cm³/mol. The third kappa shape index (κ3) is 5.88. The van der Waals surface area contributed by atoms with Crippen molar-refractivity contribution in [1.82, 2.24) is 0 Å². The van der Waals surface area contributed by atoms with E-state index in [4.69, 9.17) is 0 Å². The van der Waals surface area contributed by atoms with Gasteiger partial charge in [-0.15, -0.1) is 0 Å². The zero-order valence-electron chi connectivity index (χ0n) is 19.3. The second-order valence-corrected chi connectivity index (χ2v) is 22.2. The SMILES string of the molecule is CCC[CH2][Sn]([CH2]CCC)([CH2]CCC)[c]1ccc(-c2c(C)cc(C)cc2C)cc1. The summed E-state index contributed by atoms with van der Waals surface area (Å²) < 4.78 is 6.43. The summed E-state index contributed by atoms with van der Waals surface area (Å²) in [6, 6.07) is 14.6. The van der Waals surface area contributed by atoms with Crippen LogP contribution in [-0.2, 0) is 0 Å². The van der Waals surface area contributed by atoms with Crippen LogP contribution in [0, 0.1) is 20.8 Å². The van der Waals surface area contributed by atoms with Gasteiger partial charge in [-0.05, 0) is 0 Å². The van der Waals surface area contributed by atoms with Gasteiger partial charge >= 0.3 is 180 Å². The van der Waals surface area contributed by atoms with Crippen LogP contribution in [0.1, 0.15) is 76.0 Å². The van der Waals surface area contributed by atoms with E-state index in [2.05, 4.69) is 77.9 Å². The first kappa shape index (κ1) is 23.5. The Kier molecular flexibility index (Phi) is 9.60. The molecule has 0 amide bonds. The van der Waals surface area contributed by atoms with Gasteiger partial charge in [0.25, 0.3) is 0 Å². The molecule has 0 saturated heterocycles. The van der Waals surface area contributed by atoms with E-state index < -0.39 is 18.4 Å². The molecule has 0 saturated carbocycles. The van der Waals surface area contributed by atoms with Gasteiger partial charge in [0.05, 0.1) is 0 Å². The van der Waals surface area contributed by atoms with E-state index in [0.717, 1.165) is 0 Å². The Hall–Kier alpha value is -0.761. The molecule has 0 aliphatic heterocycles. The summed E-state index contributed by atoms with van der Waals surface area (Å²) in [5.41, 5.74) is 7.02. The second-order valence-electron chi connectivity index (χ2n) is 8.94. The summed E-state index contributed by atoms with van der Waals surface area (Å²) in [5, 5.41) is 0. The molecule has 2 aromatic rings. The van der Waals surface area contributed by atoms with Gasteiger partial charge in [-0.3, -0.25) is 0 Å². The van der Waals surface area contributed by atoms with Gasteiger partial charge in [0, 0.05) is 0 Å². The molecule has 2 aromatic carbocycles. The summed E-state index contributed by atoms with van der Waals surface area (Å²) in [6.45, 7) is 13.8. The summed E-state index contributed by atoms with van der Waals surface area (Å²) in [4.78, 5) is 0. The van der Waals surface area contributed by atoms with Gasteiger partial charge in [-0.2, -0.15) is 0 Å². The van der Waals surface area contributed by atoms with Gasteiger partial charge in [-0.1, -0.05) is 0 Å². The van der Waals surface area contributed by atoms with Crippen molar-refractivity contribution in [3.8, 4) is 11.1 Å². The molecule has 28 heavy (non-hydrogen) atoms. The fourth-order valence-electron chi connectivity index (χ4n) is 4.98. The van der Waals surface area contributed by atoms with E-state index in [9.17, 15) is 0 Å². The Morgan fingerprint density at radius 3 is 1.46 bits per heavy atom. The summed E-state index contributed by atoms with van der Waals surface area (Å²) in [6.07, 6.45) is 8.33. The average molecular weight is 485 g/mol. The van der Waals surface area contributed by atoms with Crippen LogP contribution in [0.15, 0.2) is 36.4 Å². The van der Waals surface area contributed by atoms with Crippen molar-refractivity contribution in [3.63, 3.8) is 0 Å². The summed E-state index contributed by atoms with van der Waals surface area (Å²) in [7, 11) is 0. The zero-order chi connectivity index (χ0) is 20.6. The first-order valence-corrected chi connectivity index (χ1v) is 19.1. The Morgan fingerprint density at radius 1 is 0.643 bits per heavy atom. The van der Waals surface area contributed by atoms with Crippen LogP contribution in [0.5, 0.6) is 0 Å². The fourth-order valence-corrected chi connectivity index (χ4v) is 20.9. The van der Waals surface area contributed by atoms with Gasteiger partial charge in [0.1, 0.15) is 0 Å². The maximum absolute atomic E-state index is 2.55. The zero-order valence-corrected chi connectivity index (χ0v) is 22.2. The molecular weight excluding hydrogens is 443 g/mol.